The number of rotatable bonds is 4. The van der Waals surface area contributed by atoms with E-state index in [1.54, 1.807) is 0 Å². The summed E-state index contributed by atoms with van der Waals surface area (Å²) in [4.78, 5) is 7.12. The van der Waals surface area contributed by atoms with E-state index in [1.165, 1.54) is 18.4 Å². The fourth-order valence-corrected chi connectivity index (χ4v) is 2.72. The van der Waals surface area contributed by atoms with Gasteiger partial charge in [0.25, 0.3) is 0 Å². The second-order valence-corrected chi connectivity index (χ2v) is 5.93. The fraction of sp³-hybridized carbons (Fsp3) is 0.562. The van der Waals surface area contributed by atoms with Crippen molar-refractivity contribution < 1.29 is 0 Å². The van der Waals surface area contributed by atoms with Crippen LogP contribution in [0.2, 0.25) is 0 Å². The van der Waals surface area contributed by atoms with Gasteiger partial charge in [0, 0.05) is 25.7 Å². The standard InChI is InChI=1S/C16H24N4/c17-16(18-14-6-7-14)19-15-8-10-20(11-9-15)12-13-4-2-1-3-5-13/h1-5,14-15H,6-12H2,(H3,17,18,19). The molecule has 1 aromatic carbocycles. The van der Waals surface area contributed by atoms with Gasteiger partial charge >= 0.3 is 0 Å². The van der Waals surface area contributed by atoms with Gasteiger partial charge in [-0.3, -0.25) is 9.89 Å². The van der Waals surface area contributed by atoms with E-state index >= 15 is 0 Å². The monoisotopic (exact) mass is 272 g/mol. The number of nitrogens with two attached hydrogens (primary N) is 1. The van der Waals surface area contributed by atoms with E-state index in [2.05, 4.69) is 45.5 Å². The molecule has 1 saturated carbocycles. The maximum absolute atomic E-state index is 5.93. The molecule has 1 aliphatic heterocycles. The van der Waals surface area contributed by atoms with Crippen molar-refractivity contribution in [3.8, 4) is 0 Å². The van der Waals surface area contributed by atoms with E-state index in [-0.39, 0.29) is 0 Å². The van der Waals surface area contributed by atoms with Crippen LogP contribution in [0.15, 0.2) is 35.3 Å². The fourth-order valence-electron chi connectivity index (χ4n) is 2.72. The number of aliphatic imine (C=N–C) groups is 1. The first-order valence-electron chi connectivity index (χ1n) is 7.66. The molecule has 0 spiro atoms. The van der Waals surface area contributed by atoms with Gasteiger partial charge in [-0.2, -0.15) is 0 Å². The Labute approximate surface area is 121 Å². The number of piperidine rings is 1. The minimum Gasteiger partial charge on any atom is -0.370 e. The minimum absolute atomic E-state index is 0.397. The normalized spacial score (nSPS) is 21.9. The molecular formula is C16H24N4. The molecule has 1 saturated heterocycles. The van der Waals surface area contributed by atoms with Gasteiger partial charge in [-0.05, 0) is 31.2 Å². The SMILES string of the molecule is NC(=NC1CCN(Cc2ccccc2)CC1)NC1CC1. The number of likely N-dealkylation sites (tertiary alicyclic amines) is 1. The van der Waals surface area contributed by atoms with Crippen molar-refractivity contribution in [3.63, 3.8) is 0 Å². The van der Waals surface area contributed by atoms with Crippen LogP contribution in [-0.2, 0) is 6.54 Å². The van der Waals surface area contributed by atoms with Gasteiger partial charge in [0.15, 0.2) is 5.96 Å². The van der Waals surface area contributed by atoms with Crippen LogP contribution >= 0.6 is 0 Å². The number of hydrogen-bond acceptors (Lipinski definition) is 2. The first kappa shape index (κ1) is 13.4. The van der Waals surface area contributed by atoms with Crippen molar-refractivity contribution in [1.29, 1.82) is 0 Å². The molecular weight excluding hydrogens is 248 g/mol. The van der Waals surface area contributed by atoms with Crippen LogP contribution < -0.4 is 11.1 Å². The second-order valence-electron chi connectivity index (χ2n) is 5.93. The first-order chi connectivity index (χ1) is 9.79. The summed E-state index contributed by atoms with van der Waals surface area (Å²) in [5.74, 6) is 0.647. The molecule has 3 N–H and O–H groups in total. The maximum atomic E-state index is 5.93. The summed E-state index contributed by atoms with van der Waals surface area (Å²) in [6, 6.07) is 11.7. The van der Waals surface area contributed by atoms with E-state index in [0.717, 1.165) is 32.5 Å². The highest BCUT2D eigenvalue weighted by Gasteiger charge is 2.23. The van der Waals surface area contributed by atoms with Gasteiger partial charge in [0.1, 0.15) is 0 Å². The number of hydrogen-bond donors (Lipinski definition) is 2. The smallest absolute Gasteiger partial charge is 0.189 e. The summed E-state index contributed by atoms with van der Waals surface area (Å²) in [5, 5.41) is 3.27. The molecule has 4 nitrogen and oxygen atoms in total. The quantitative estimate of drug-likeness (QED) is 0.648. The molecule has 1 aromatic rings. The van der Waals surface area contributed by atoms with Crippen LogP contribution in [0.1, 0.15) is 31.2 Å². The van der Waals surface area contributed by atoms with Crippen LogP contribution in [0, 0.1) is 0 Å². The zero-order valence-corrected chi connectivity index (χ0v) is 12.0. The van der Waals surface area contributed by atoms with Crippen LogP contribution in [0.4, 0.5) is 0 Å². The van der Waals surface area contributed by atoms with Gasteiger partial charge in [0.05, 0.1) is 6.04 Å². The van der Waals surface area contributed by atoms with E-state index < -0.39 is 0 Å². The predicted octanol–water partition coefficient (Wildman–Crippen LogP) is 1.72. The summed E-state index contributed by atoms with van der Waals surface area (Å²) in [6.45, 7) is 3.27. The zero-order chi connectivity index (χ0) is 13.8. The van der Waals surface area contributed by atoms with Crippen molar-refractivity contribution in [2.75, 3.05) is 13.1 Å². The average molecular weight is 272 g/mol. The molecule has 0 radical (unpaired) electrons. The third-order valence-corrected chi connectivity index (χ3v) is 4.06. The summed E-state index contributed by atoms with van der Waals surface area (Å²) >= 11 is 0. The number of guanidine groups is 1. The molecule has 3 rings (SSSR count). The number of benzene rings is 1. The van der Waals surface area contributed by atoms with Gasteiger partial charge < -0.3 is 11.1 Å². The molecule has 108 valence electrons. The van der Waals surface area contributed by atoms with Gasteiger partial charge in [-0.1, -0.05) is 30.3 Å². The van der Waals surface area contributed by atoms with Crippen molar-refractivity contribution in [2.24, 2.45) is 10.7 Å². The van der Waals surface area contributed by atoms with E-state index in [4.69, 9.17) is 5.73 Å². The lowest BCUT2D eigenvalue weighted by atomic mass is 10.0. The average Bonchev–Trinajstić information content (AvgIpc) is 3.26. The Kier molecular flexibility index (Phi) is 4.21. The number of nitrogens with one attached hydrogen (secondary N) is 1. The lowest BCUT2D eigenvalue weighted by Gasteiger charge is -2.30. The molecule has 1 aliphatic carbocycles. The van der Waals surface area contributed by atoms with Crippen LogP contribution in [0.25, 0.3) is 0 Å². The van der Waals surface area contributed by atoms with E-state index in [1.807, 2.05) is 0 Å². The highest BCUT2D eigenvalue weighted by molar-refractivity contribution is 5.78. The topological polar surface area (TPSA) is 53.6 Å². The molecule has 20 heavy (non-hydrogen) atoms. The van der Waals surface area contributed by atoms with Crippen molar-refractivity contribution in [1.82, 2.24) is 10.2 Å². The summed E-state index contributed by atoms with van der Waals surface area (Å²) in [7, 11) is 0. The van der Waals surface area contributed by atoms with Crippen molar-refractivity contribution >= 4 is 5.96 Å². The van der Waals surface area contributed by atoms with Gasteiger partial charge in [-0.15, -0.1) is 0 Å². The summed E-state index contributed by atoms with van der Waals surface area (Å²) < 4.78 is 0. The Bertz CT molecular complexity index is 445. The van der Waals surface area contributed by atoms with Crippen LogP contribution in [0.3, 0.4) is 0 Å². The van der Waals surface area contributed by atoms with Gasteiger partial charge in [-0.25, -0.2) is 0 Å². The Balaban J connectivity index is 1.44. The molecule has 2 fully saturated rings. The Morgan fingerprint density at radius 3 is 2.50 bits per heavy atom. The largest absolute Gasteiger partial charge is 0.370 e. The Morgan fingerprint density at radius 1 is 1.15 bits per heavy atom. The Morgan fingerprint density at radius 2 is 1.85 bits per heavy atom. The highest BCUT2D eigenvalue weighted by atomic mass is 15.2. The molecule has 0 unspecified atom stereocenters. The molecule has 0 amide bonds. The third-order valence-electron chi connectivity index (χ3n) is 4.06. The van der Waals surface area contributed by atoms with E-state index in [9.17, 15) is 0 Å². The number of nitrogens with zero attached hydrogens (tertiary/aromatic N) is 2. The molecule has 1 heterocycles. The van der Waals surface area contributed by atoms with Crippen LogP contribution in [0.5, 0.6) is 0 Å². The van der Waals surface area contributed by atoms with Gasteiger partial charge in [0.2, 0.25) is 0 Å². The molecule has 2 aliphatic rings. The second kappa shape index (κ2) is 6.27. The Hall–Kier alpha value is -1.55. The molecule has 0 bridgehead atoms. The van der Waals surface area contributed by atoms with Crippen LogP contribution in [-0.4, -0.2) is 36.0 Å². The lowest BCUT2D eigenvalue weighted by Crippen LogP contribution is -2.38. The maximum Gasteiger partial charge on any atom is 0.189 e. The molecule has 0 aromatic heterocycles. The van der Waals surface area contributed by atoms with Crippen molar-refractivity contribution in [2.45, 2.75) is 44.3 Å². The van der Waals surface area contributed by atoms with Crippen molar-refractivity contribution in [3.05, 3.63) is 35.9 Å². The predicted molar refractivity (Wildman–Crippen MR) is 82.5 cm³/mol. The minimum atomic E-state index is 0.397. The molecule has 4 heteroatoms. The zero-order valence-electron chi connectivity index (χ0n) is 12.0. The molecule has 0 atom stereocenters. The highest BCUT2D eigenvalue weighted by Crippen LogP contribution is 2.19. The summed E-state index contributed by atoms with van der Waals surface area (Å²) in [5.41, 5.74) is 7.32. The summed E-state index contributed by atoms with van der Waals surface area (Å²) in [6.07, 6.45) is 4.71. The lowest BCUT2D eigenvalue weighted by molar-refractivity contribution is 0.206. The third kappa shape index (κ3) is 3.97. The van der Waals surface area contributed by atoms with E-state index in [0.29, 0.717) is 18.0 Å². The first-order valence-corrected chi connectivity index (χ1v) is 7.66.